The summed E-state index contributed by atoms with van der Waals surface area (Å²) < 4.78 is 6.26. The number of anilines is 1. The second-order valence-corrected chi connectivity index (χ2v) is 7.44. The van der Waals surface area contributed by atoms with Crippen molar-refractivity contribution in [2.75, 3.05) is 5.32 Å². The van der Waals surface area contributed by atoms with E-state index in [4.69, 9.17) is 16.3 Å². The number of nitro groups is 1. The fraction of sp³-hybridized carbons (Fsp3) is 0.0476. The Morgan fingerprint density at radius 2 is 1.70 bits per heavy atom. The molecule has 0 saturated heterocycles. The molecule has 7 nitrogen and oxygen atoms in total. The fourth-order valence-corrected chi connectivity index (χ4v) is 3.05. The van der Waals surface area contributed by atoms with Crippen molar-refractivity contribution in [3.63, 3.8) is 0 Å². The number of hydrogen-bond acceptors (Lipinski definition) is 5. The van der Waals surface area contributed by atoms with E-state index in [1.54, 1.807) is 54.6 Å². The van der Waals surface area contributed by atoms with Gasteiger partial charge in [0.1, 0.15) is 5.02 Å². The van der Waals surface area contributed by atoms with Crippen molar-refractivity contribution in [1.82, 2.24) is 0 Å². The van der Waals surface area contributed by atoms with Crippen LogP contribution in [0.25, 0.3) is 0 Å². The Kier molecular flexibility index (Phi) is 6.81. The summed E-state index contributed by atoms with van der Waals surface area (Å²) in [5.74, 6) is -1.35. The molecule has 3 rings (SSSR count). The highest BCUT2D eigenvalue weighted by Gasteiger charge is 2.26. The molecule has 1 atom stereocenters. The van der Waals surface area contributed by atoms with Gasteiger partial charge in [0.25, 0.3) is 11.6 Å². The van der Waals surface area contributed by atoms with Crippen molar-refractivity contribution >= 4 is 50.8 Å². The summed E-state index contributed by atoms with van der Waals surface area (Å²) in [5.41, 5.74) is 0.521. The van der Waals surface area contributed by atoms with Gasteiger partial charge in [-0.1, -0.05) is 57.9 Å². The predicted octanol–water partition coefficient (Wildman–Crippen LogP) is 5.55. The van der Waals surface area contributed by atoms with E-state index in [-0.39, 0.29) is 22.0 Å². The van der Waals surface area contributed by atoms with Crippen LogP contribution < -0.4 is 5.32 Å². The number of benzene rings is 3. The summed E-state index contributed by atoms with van der Waals surface area (Å²) in [6.45, 7) is 0. The Morgan fingerprint density at radius 1 is 1.03 bits per heavy atom. The molecule has 152 valence electrons. The smallest absolute Gasteiger partial charge is 0.339 e. The summed E-state index contributed by atoms with van der Waals surface area (Å²) in [4.78, 5) is 35.9. The molecule has 3 aromatic rings. The third-order valence-corrected chi connectivity index (χ3v) is 4.90. The van der Waals surface area contributed by atoms with Crippen molar-refractivity contribution in [1.29, 1.82) is 0 Å². The molecule has 0 heterocycles. The van der Waals surface area contributed by atoms with E-state index in [9.17, 15) is 19.7 Å². The number of ether oxygens (including phenoxy) is 1. The molecule has 0 aliphatic rings. The fourth-order valence-electron chi connectivity index (χ4n) is 2.60. The monoisotopic (exact) mass is 488 g/mol. The predicted molar refractivity (Wildman–Crippen MR) is 115 cm³/mol. The van der Waals surface area contributed by atoms with Crippen LogP contribution in [0.1, 0.15) is 22.0 Å². The average Bonchev–Trinajstić information content (AvgIpc) is 2.74. The van der Waals surface area contributed by atoms with Crippen LogP contribution in [-0.4, -0.2) is 16.8 Å². The summed E-state index contributed by atoms with van der Waals surface area (Å²) in [7, 11) is 0. The average molecular weight is 490 g/mol. The second kappa shape index (κ2) is 9.51. The number of carbonyl (C=O) groups is 2. The minimum Gasteiger partial charge on any atom is -0.444 e. The van der Waals surface area contributed by atoms with E-state index < -0.39 is 22.9 Å². The number of nitrogens with zero attached hydrogens (tertiary/aromatic N) is 1. The second-order valence-electron chi connectivity index (χ2n) is 6.12. The first-order chi connectivity index (χ1) is 14.3. The zero-order valence-corrected chi connectivity index (χ0v) is 17.6. The van der Waals surface area contributed by atoms with Gasteiger partial charge in [-0.05, 0) is 36.4 Å². The maximum Gasteiger partial charge on any atom is 0.339 e. The molecule has 9 heteroatoms. The topological polar surface area (TPSA) is 98.5 Å². The van der Waals surface area contributed by atoms with Crippen LogP contribution in [0, 0.1) is 10.1 Å². The Bertz CT molecular complexity index is 1090. The van der Waals surface area contributed by atoms with Gasteiger partial charge in [0.05, 0.1) is 10.5 Å². The third-order valence-electron chi connectivity index (χ3n) is 4.06. The summed E-state index contributed by atoms with van der Waals surface area (Å²) in [5, 5.41) is 13.6. The maximum atomic E-state index is 12.9. The van der Waals surface area contributed by atoms with Gasteiger partial charge in [0, 0.05) is 21.8 Å². The molecule has 3 aromatic carbocycles. The molecule has 0 radical (unpaired) electrons. The summed E-state index contributed by atoms with van der Waals surface area (Å²) >= 11 is 9.10. The van der Waals surface area contributed by atoms with Gasteiger partial charge >= 0.3 is 5.97 Å². The normalized spacial score (nSPS) is 11.4. The molecule has 0 aromatic heterocycles. The lowest BCUT2D eigenvalue weighted by Crippen LogP contribution is -2.26. The lowest BCUT2D eigenvalue weighted by atomic mass is 10.1. The van der Waals surface area contributed by atoms with E-state index in [0.717, 1.165) is 10.5 Å². The van der Waals surface area contributed by atoms with Gasteiger partial charge in [-0.3, -0.25) is 14.9 Å². The van der Waals surface area contributed by atoms with Crippen molar-refractivity contribution in [2.45, 2.75) is 6.10 Å². The molecule has 0 fully saturated rings. The Balaban J connectivity index is 1.86. The molecule has 0 unspecified atom stereocenters. The quantitative estimate of drug-likeness (QED) is 0.278. The van der Waals surface area contributed by atoms with Gasteiger partial charge < -0.3 is 10.1 Å². The first kappa shape index (κ1) is 21.5. The van der Waals surface area contributed by atoms with Gasteiger partial charge in [-0.15, -0.1) is 0 Å². The molecule has 0 aliphatic carbocycles. The standard InChI is InChI=1S/C21H14BrClN2O5/c22-15-8-6-14(7-9-15)21(27)30-19(13-4-2-1-3-5-13)20(26)24-16-10-11-17(23)18(12-16)25(28)29/h1-12,19H,(H,24,26)/t19-/m1/s1. The van der Waals surface area contributed by atoms with Crippen LogP contribution in [0.2, 0.25) is 5.02 Å². The zero-order chi connectivity index (χ0) is 21.7. The lowest BCUT2D eigenvalue weighted by Gasteiger charge is -2.18. The van der Waals surface area contributed by atoms with Crippen LogP contribution >= 0.6 is 27.5 Å². The number of carbonyl (C=O) groups excluding carboxylic acids is 2. The number of nitro benzene ring substituents is 1. The van der Waals surface area contributed by atoms with Gasteiger partial charge in [0.15, 0.2) is 0 Å². The largest absolute Gasteiger partial charge is 0.444 e. The highest BCUT2D eigenvalue weighted by Crippen LogP contribution is 2.29. The maximum absolute atomic E-state index is 12.9. The SMILES string of the molecule is O=C(O[C@@H](C(=O)Nc1ccc(Cl)c([N+](=O)[O-])c1)c1ccccc1)c1ccc(Br)cc1. The van der Waals surface area contributed by atoms with Crippen molar-refractivity contribution in [3.8, 4) is 0 Å². The molecular weight excluding hydrogens is 476 g/mol. The van der Waals surface area contributed by atoms with E-state index in [2.05, 4.69) is 21.2 Å². The molecule has 0 bridgehead atoms. The Morgan fingerprint density at radius 3 is 2.33 bits per heavy atom. The first-order valence-corrected chi connectivity index (χ1v) is 9.78. The van der Waals surface area contributed by atoms with Crippen molar-refractivity contribution < 1.29 is 19.2 Å². The minimum atomic E-state index is -1.27. The van der Waals surface area contributed by atoms with E-state index >= 15 is 0 Å². The molecular formula is C21H14BrClN2O5. The zero-order valence-electron chi connectivity index (χ0n) is 15.2. The van der Waals surface area contributed by atoms with Gasteiger partial charge in [-0.25, -0.2) is 4.79 Å². The van der Waals surface area contributed by atoms with E-state index in [1.165, 1.54) is 12.1 Å². The Hall–Kier alpha value is -3.23. The number of rotatable bonds is 6. The van der Waals surface area contributed by atoms with Crippen molar-refractivity contribution in [3.05, 3.63) is 104 Å². The minimum absolute atomic E-state index is 0.0562. The first-order valence-electron chi connectivity index (χ1n) is 8.61. The number of nitrogens with one attached hydrogen (secondary N) is 1. The molecule has 1 amide bonds. The summed E-state index contributed by atoms with van der Waals surface area (Å²) in [6, 6.07) is 18.8. The number of hydrogen-bond donors (Lipinski definition) is 1. The number of amides is 1. The highest BCUT2D eigenvalue weighted by molar-refractivity contribution is 9.10. The molecule has 0 spiro atoms. The lowest BCUT2D eigenvalue weighted by molar-refractivity contribution is -0.384. The highest BCUT2D eigenvalue weighted by atomic mass is 79.9. The van der Waals surface area contributed by atoms with E-state index in [1.807, 2.05) is 0 Å². The van der Waals surface area contributed by atoms with Crippen LogP contribution in [0.5, 0.6) is 0 Å². The molecule has 30 heavy (non-hydrogen) atoms. The van der Waals surface area contributed by atoms with Crippen LogP contribution in [0.4, 0.5) is 11.4 Å². The van der Waals surface area contributed by atoms with Crippen LogP contribution in [-0.2, 0) is 9.53 Å². The molecule has 0 aliphatic heterocycles. The Labute approximate surface area is 184 Å². The van der Waals surface area contributed by atoms with Crippen LogP contribution in [0.15, 0.2) is 77.3 Å². The molecule has 0 saturated carbocycles. The van der Waals surface area contributed by atoms with Gasteiger partial charge in [0.2, 0.25) is 6.10 Å². The van der Waals surface area contributed by atoms with E-state index in [0.29, 0.717) is 5.56 Å². The van der Waals surface area contributed by atoms with Crippen LogP contribution in [0.3, 0.4) is 0 Å². The molecule has 1 N–H and O–H groups in total. The third kappa shape index (κ3) is 5.22. The summed E-state index contributed by atoms with van der Waals surface area (Å²) in [6.07, 6.45) is -1.27. The number of halogens is 2. The van der Waals surface area contributed by atoms with Crippen molar-refractivity contribution in [2.24, 2.45) is 0 Å². The number of esters is 1. The van der Waals surface area contributed by atoms with Gasteiger partial charge in [-0.2, -0.15) is 0 Å².